The summed E-state index contributed by atoms with van der Waals surface area (Å²) in [4.78, 5) is 13.6. The van der Waals surface area contributed by atoms with Gasteiger partial charge in [-0.1, -0.05) is 18.2 Å². The van der Waals surface area contributed by atoms with Crippen LogP contribution in [0.25, 0.3) is 0 Å². The van der Waals surface area contributed by atoms with Crippen LogP contribution in [0, 0.1) is 0 Å². The van der Waals surface area contributed by atoms with Gasteiger partial charge in [0.15, 0.2) is 0 Å². The van der Waals surface area contributed by atoms with Gasteiger partial charge in [0.1, 0.15) is 5.75 Å². The molecule has 2 rings (SSSR count). The van der Waals surface area contributed by atoms with Gasteiger partial charge in [0.2, 0.25) is 5.91 Å². The van der Waals surface area contributed by atoms with Crippen LogP contribution in [-0.4, -0.2) is 30.5 Å². The van der Waals surface area contributed by atoms with E-state index >= 15 is 0 Å². The highest BCUT2D eigenvalue weighted by Gasteiger charge is 2.31. The lowest BCUT2D eigenvalue weighted by Crippen LogP contribution is -2.31. The van der Waals surface area contributed by atoms with E-state index in [1.165, 1.54) is 0 Å². The lowest BCUT2D eigenvalue weighted by Gasteiger charge is -2.26. The maximum absolute atomic E-state index is 11.8. The first-order chi connectivity index (χ1) is 8.13. The average molecular weight is 234 g/mol. The van der Waals surface area contributed by atoms with Gasteiger partial charge in [-0.2, -0.15) is 0 Å². The molecule has 4 nitrogen and oxygen atoms in total. The largest absolute Gasteiger partial charge is 0.496 e. The number of benzene rings is 1. The van der Waals surface area contributed by atoms with Gasteiger partial charge in [0, 0.05) is 24.6 Å². The van der Waals surface area contributed by atoms with Crippen LogP contribution in [0.1, 0.15) is 24.9 Å². The van der Waals surface area contributed by atoms with Crippen LogP contribution >= 0.6 is 0 Å². The Morgan fingerprint density at radius 1 is 1.47 bits per heavy atom. The fourth-order valence-corrected chi connectivity index (χ4v) is 2.31. The first-order valence-corrected chi connectivity index (χ1v) is 5.81. The Morgan fingerprint density at radius 2 is 2.18 bits per heavy atom. The van der Waals surface area contributed by atoms with Crippen molar-refractivity contribution in [3.63, 3.8) is 0 Å². The second kappa shape index (κ2) is 4.75. The molecule has 0 radical (unpaired) electrons. The van der Waals surface area contributed by atoms with Crippen molar-refractivity contribution in [2.45, 2.75) is 25.4 Å². The molecule has 4 heteroatoms. The third-order valence-electron chi connectivity index (χ3n) is 3.24. The normalized spacial score (nSPS) is 21.7. The van der Waals surface area contributed by atoms with E-state index in [0.29, 0.717) is 13.0 Å². The predicted molar refractivity (Wildman–Crippen MR) is 65.7 cm³/mol. The lowest BCUT2D eigenvalue weighted by atomic mass is 10.1. The van der Waals surface area contributed by atoms with Crippen LogP contribution in [0.4, 0.5) is 0 Å². The molecule has 1 aliphatic rings. The highest BCUT2D eigenvalue weighted by atomic mass is 16.5. The molecule has 0 aromatic heterocycles. The first-order valence-electron chi connectivity index (χ1n) is 5.81. The summed E-state index contributed by atoms with van der Waals surface area (Å²) in [6, 6.07) is 7.74. The Balaban J connectivity index is 2.25. The fourth-order valence-electron chi connectivity index (χ4n) is 2.31. The Kier molecular flexibility index (Phi) is 3.33. The smallest absolute Gasteiger partial charge is 0.224 e. The van der Waals surface area contributed by atoms with Crippen molar-refractivity contribution in [3.8, 4) is 5.75 Å². The van der Waals surface area contributed by atoms with Gasteiger partial charge in [-0.3, -0.25) is 4.79 Å². The predicted octanol–water partition coefficient (Wildman–Crippen LogP) is 1.32. The summed E-state index contributed by atoms with van der Waals surface area (Å²) in [6.45, 7) is 2.63. The van der Waals surface area contributed by atoms with E-state index in [0.717, 1.165) is 11.3 Å². The molecule has 0 bridgehead atoms. The number of nitrogens with two attached hydrogens (primary N) is 1. The van der Waals surface area contributed by atoms with Crippen molar-refractivity contribution in [1.29, 1.82) is 0 Å². The summed E-state index contributed by atoms with van der Waals surface area (Å²) >= 11 is 0. The highest BCUT2D eigenvalue weighted by Crippen LogP contribution is 2.31. The monoisotopic (exact) mass is 234 g/mol. The number of para-hydroxylation sites is 1. The molecular formula is C13H18N2O2. The summed E-state index contributed by atoms with van der Waals surface area (Å²) in [5, 5.41) is 0. The summed E-state index contributed by atoms with van der Waals surface area (Å²) in [6.07, 6.45) is 0.444. The molecule has 92 valence electrons. The average Bonchev–Trinajstić information content (AvgIpc) is 2.67. The molecule has 0 aliphatic carbocycles. The van der Waals surface area contributed by atoms with E-state index in [-0.39, 0.29) is 18.0 Å². The highest BCUT2D eigenvalue weighted by molar-refractivity contribution is 5.79. The SMILES string of the molecule is COc1ccccc1C(C)N1CC(N)CC1=O. The second-order valence-electron chi connectivity index (χ2n) is 4.43. The van der Waals surface area contributed by atoms with Crippen molar-refractivity contribution < 1.29 is 9.53 Å². The molecule has 2 N–H and O–H groups in total. The molecule has 2 atom stereocenters. The van der Waals surface area contributed by atoms with Gasteiger partial charge >= 0.3 is 0 Å². The number of likely N-dealkylation sites (tertiary alicyclic amines) is 1. The van der Waals surface area contributed by atoms with Gasteiger partial charge in [-0.15, -0.1) is 0 Å². The Hall–Kier alpha value is -1.55. The molecule has 0 spiro atoms. The van der Waals surface area contributed by atoms with Gasteiger partial charge in [-0.05, 0) is 13.0 Å². The molecular weight excluding hydrogens is 216 g/mol. The minimum absolute atomic E-state index is 0.00667. The van der Waals surface area contributed by atoms with E-state index in [1.54, 1.807) is 7.11 Å². The van der Waals surface area contributed by atoms with E-state index < -0.39 is 0 Å². The summed E-state index contributed by atoms with van der Waals surface area (Å²) in [5.74, 6) is 0.934. The van der Waals surface area contributed by atoms with Crippen molar-refractivity contribution in [2.24, 2.45) is 5.73 Å². The summed E-state index contributed by atoms with van der Waals surface area (Å²) < 4.78 is 5.32. The number of hydrogen-bond acceptors (Lipinski definition) is 3. The number of carbonyl (C=O) groups is 1. The van der Waals surface area contributed by atoms with Crippen LogP contribution < -0.4 is 10.5 Å². The number of hydrogen-bond donors (Lipinski definition) is 1. The van der Waals surface area contributed by atoms with Gasteiger partial charge in [0.25, 0.3) is 0 Å². The molecule has 1 heterocycles. The molecule has 1 aromatic rings. The van der Waals surface area contributed by atoms with E-state index in [9.17, 15) is 4.79 Å². The zero-order valence-electron chi connectivity index (χ0n) is 10.2. The van der Waals surface area contributed by atoms with Crippen LogP contribution in [0.5, 0.6) is 5.75 Å². The van der Waals surface area contributed by atoms with Crippen molar-refractivity contribution in [3.05, 3.63) is 29.8 Å². The lowest BCUT2D eigenvalue weighted by molar-refractivity contribution is -0.129. The number of nitrogens with zero attached hydrogens (tertiary/aromatic N) is 1. The van der Waals surface area contributed by atoms with Gasteiger partial charge in [0.05, 0.1) is 13.2 Å². The maximum atomic E-state index is 11.8. The molecule has 17 heavy (non-hydrogen) atoms. The number of carbonyl (C=O) groups excluding carboxylic acids is 1. The van der Waals surface area contributed by atoms with Crippen molar-refractivity contribution in [1.82, 2.24) is 4.90 Å². The fraction of sp³-hybridized carbons (Fsp3) is 0.462. The molecule has 1 saturated heterocycles. The van der Waals surface area contributed by atoms with Crippen LogP contribution in [0.3, 0.4) is 0 Å². The Bertz CT molecular complexity index is 420. The van der Waals surface area contributed by atoms with Gasteiger partial charge in [-0.25, -0.2) is 0 Å². The third kappa shape index (κ3) is 2.26. The topological polar surface area (TPSA) is 55.6 Å². The molecule has 0 saturated carbocycles. The molecule has 1 fully saturated rings. The minimum Gasteiger partial charge on any atom is -0.496 e. The molecule has 1 aromatic carbocycles. The minimum atomic E-state index is -0.0420. The van der Waals surface area contributed by atoms with E-state index in [1.807, 2.05) is 36.1 Å². The zero-order valence-corrected chi connectivity index (χ0v) is 10.2. The molecule has 1 amide bonds. The summed E-state index contributed by atoms with van der Waals surface area (Å²) in [7, 11) is 1.64. The first kappa shape index (κ1) is 11.9. The summed E-state index contributed by atoms with van der Waals surface area (Å²) in [5.41, 5.74) is 6.83. The Morgan fingerprint density at radius 3 is 2.76 bits per heavy atom. The number of ether oxygens (including phenoxy) is 1. The second-order valence-corrected chi connectivity index (χ2v) is 4.43. The third-order valence-corrected chi connectivity index (χ3v) is 3.24. The van der Waals surface area contributed by atoms with Gasteiger partial charge < -0.3 is 15.4 Å². The zero-order chi connectivity index (χ0) is 12.4. The molecule has 2 unspecified atom stereocenters. The van der Waals surface area contributed by atoms with Crippen LogP contribution in [0.2, 0.25) is 0 Å². The Labute approximate surface area is 101 Å². The standard InChI is InChI=1S/C13H18N2O2/c1-9(15-8-10(14)7-13(15)16)11-5-3-4-6-12(11)17-2/h3-6,9-10H,7-8,14H2,1-2H3. The van der Waals surface area contributed by atoms with Crippen LogP contribution in [0.15, 0.2) is 24.3 Å². The van der Waals surface area contributed by atoms with Crippen LogP contribution in [-0.2, 0) is 4.79 Å². The van der Waals surface area contributed by atoms with Crippen molar-refractivity contribution in [2.75, 3.05) is 13.7 Å². The maximum Gasteiger partial charge on any atom is 0.224 e. The quantitative estimate of drug-likeness (QED) is 0.858. The molecule has 1 aliphatic heterocycles. The van der Waals surface area contributed by atoms with E-state index in [4.69, 9.17) is 10.5 Å². The number of amides is 1. The number of methoxy groups -OCH3 is 1. The van der Waals surface area contributed by atoms with E-state index in [2.05, 4.69) is 0 Å². The number of rotatable bonds is 3. The van der Waals surface area contributed by atoms with Crippen molar-refractivity contribution >= 4 is 5.91 Å².